The van der Waals surface area contributed by atoms with E-state index in [2.05, 4.69) is 37.3 Å². The highest BCUT2D eigenvalue weighted by molar-refractivity contribution is 6.11. The molecule has 0 radical (unpaired) electrons. The smallest absolute Gasteiger partial charge is 0.135 e. The highest BCUT2D eigenvalue weighted by Crippen LogP contribution is 2.43. The molecule has 4 heteroatoms. The zero-order valence-electron chi connectivity index (χ0n) is 16.6. The molecule has 0 unspecified atom stereocenters. The van der Waals surface area contributed by atoms with Crippen molar-refractivity contribution in [2.75, 3.05) is 26.4 Å². The summed E-state index contributed by atoms with van der Waals surface area (Å²) in [5.74, 6) is 1.77. The Morgan fingerprint density at radius 1 is 0.679 bits per heavy atom. The number of aliphatic hydroxyl groups excluding tert-OH is 2. The summed E-state index contributed by atoms with van der Waals surface area (Å²) in [7, 11) is 0. The van der Waals surface area contributed by atoms with Crippen molar-refractivity contribution < 1.29 is 19.7 Å². The van der Waals surface area contributed by atoms with Crippen LogP contribution < -0.4 is 9.47 Å². The van der Waals surface area contributed by atoms with Crippen molar-refractivity contribution in [3.8, 4) is 11.5 Å². The van der Waals surface area contributed by atoms with Crippen LogP contribution in [0.4, 0.5) is 0 Å². The average Bonchev–Trinajstić information content (AvgIpc) is 2.74. The summed E-state index contributed by atoms with van der Waals surface area (Å²) in [6, 6.07) is 14.7. The zero-order chi connectivity index (χ0) is 19.8. The van der Waals surface area contributed by atoms with Crippen LogP contribution in [-0.2, 0) is 6.42 Å². The van der Waals surface area contributed by atoms with Gasteiger partial charge in [0.15, 0.2) is 0 Å². The quantitative estimate of drug-likeness (QED) is 0.367. The highest BCUT2D eigenvalue weighted by Gasteiger charge is 2.16. The number of aryl methyl sites for hydroxylation is 1. The SMILES string of the molecule is CCc1ccc2c(OCCCCO)c3ccccc3c(OCCCCO)c2c1. The molecular formula is C24H30O4. The summed E-state index contributed by atoms with van der Waals surface area (Å²) in [5.41, 5.74) is 1.26. The molecule has 0 amide bonds. The molecule has 0 aliphatic heterocycles. The molecule has 2 N–H and O–H groups in total. The van der Waals surface area contributed by atoms with Gasteiger partial charge in [0, 0.05) is 34.8 Å². The van der Waals surface area contributed by atoms with Gasteiger partial charge in [-0.1, -0.05) is 43.3 Å². The maximum atomic E-state index is 9.04. The minimum absolute atomic E-state index is 0.186. The van der Waals surface area contributed by atoms with Crippen molar-refractivity contribution in [1.29, 1.82) is 0 Å². The lowest BCUT2D eigenvalue weighted by Crippen LogP contribution is -2.03. The molecule has 0 aliphatic carbocycles. The summed E-state index contributed by atoms with van der Waals surface area (Å²) in [5, 5.41) is 22.3. The minimum atomic E-state index is 0.186. The van der Waals surface area contributed by atoms with E-state index < -0.39 is 0 Å². The van der Waals surface area contributed by atoms with Crippen LogP contribution in [0, 0.1) is 0 Å². The van der Waals surface area contributed by atoms with Gasteiger partial charge in [0.1, 0.15) is 11.5 Å². The van der Waals surface area contributed by atoms with E-state index in [1.165, 1.54) is 5.56 Å². The topological polar surface area (TPSA) is 58.9 Å². The average molecular weight is 383 g/mol. The summed E-state index contributed by atoms with van der Waals surface area (Å²) >= 11 is 0. The lowest BCUT2D eigenvalue weighted by molar-refractivity contribution is 0.254. The number of rotatable bonds is 11. The van der Waals surface area contributed by atoms with E-state index in [0.717, 1.165) is 65.1 Å². The van der Waals surface area contributed by atoms with Crippen LogP contribution in [0.2, 0.25) is 0 Å². The summed E-state index contributed by atoms with van der Waals surface area (Å²) in [6.07, 6.45) is 4.07. The predicted octanol–water partition coefficient (Wildman–Crippen LogP) is 4.86. The van der Waals surface area contributed by atoms with Gasteiger partial charge < -0.3 is 19.7 Å². The number of hydrogen-bond donors (Lipinski definition) is 2. The van der Waals surface area contributed by atoms with Gasteiger partial charge in [-0.15, -0.1) is 0 Å². The van der Waals surface area contributed by atoms with Crippen LogP contribution in [0.1, 0.15) is 38.2 Å². The first-order valence-electron chi connectivity index (χ1n) is 10.2. The van der Waals surface area contributed by atoms with Gasteiger partial charge in [-0.05, 0) is 43.7 Å². The molecule has 0 saturated heterocycles. The first kappa shape index (κ1) is 20.4. The maximum Gasteiger partial charge on any atom is 0.135 e. The Bertz CT molecular complexity index is 904. The van der Waals surface area contributed by atoms with Crippen LogP contribution in [-0.4, -0.2) is 36.6 Å². The Balaban J connectivity index is 2.10. The number of hydrogen-bond acceptors (Lipinski definition) is 4. The number of ether oxygens (including phenoxy) is 2. The van der Waals surface area contributed by atoms with Crippen LogP contribution in [0.25, 0.3) is 21.5 Å². The fraction of sp³-hybridized carbons (Fsp3) is 0.417. The molecule has 0 fully saturated rings. The van der Waals surface area contributed by atoms with E-state index in [1.807, 2.05) is 12.1 Å². The zero-order valence-corrected chi connectivity index (χ0v) is 16.6. The molecule has 150 valence electrons. The maximum absolute atomic E-state index is 9.04. The van der Waals surface area contributed by atoms with E-state index in [-0.39, 0.29) is 13.2 Å². The third kappa shape index (κ3) is 4.57. The second-order valence-corrected chi connectivity index (χ2v) is 7.00. The fourth-order valence-corrected chi connectivity index (χ4v) is 3.45. The number of fused-ring (bicyclic) bond motifs is 2. The van der Waals surface area contributed by atoms with Crippen molar-refractivity contribution in [2.24, 2.45) is 0 Å². The van der Waals surface area contributed by atoms with Gasteiger partial charge >= 0.3 is 0 Å². The molecule has 0 atom stereocenters. The third-order valence-corrected chi connectivity index (χ3v) is 5.00. The first-order chi connectivity index (χ1) is 13.8. The van der Waals surface area contributed by atoms with E-state index in [0.29, 0.717) is 13.2 Å². The standard InChI is InChI=1S/C24H30O4/c1-2-18-11-12-21-22(17-18)24(28-16-8-6-14-26)20-10-4-3-9-19(20)23(21)27-15-7-5-13-25/h3-4,9-12,17,25-26H,2,5-8,13-16H2,1H3. The van der Waals surface area contributed by atoms with Gasteiger partial charge in [0.25, 0.3) is 0 Å². The van der Waals surface area contributed by atoms with E-state index in [1.54, 1.807) is 0 Å². The number of benzene rings is 3. The Morgan fingerprint density at radius 2 is 1.21 bits per heavy atom. The second-order valence-electron chi connectivity index (χ2n) is 7.00. The lowest BCUT2D eigenvalue weighted by atomic mass is 9.98. The summed E-state index contributed by atoms with van der Waals surface area (Å²) < 4.78 is 12.4. The van der Waals surface area contributed by atoms with Crippen LogP contribution in [0.3, 0.4) is 0 Å². The summed E-state index contributed by atoms with van der Waals surface area (Å²) in [4.78, 5) is 0. The van der Waals surface area contributed by atoms with Gasteiger partial charge in [-0.25, -0.2) is 0 Å². The molecule has 3 rings (SSSR count). The summed E-state index contributed by atoms with van der Waals surface area (Å²) in [6.45, 7) is 3.67. The monoisotopic (exact) mass is 382 g/mol. The van der Waals surface area contributed by atoms with Crippen LogP contribution in [0.15, 0.2) is 42.5 Å². The normalized spacial score (nSPS) is 11.2. The second kappa shape index (κ2) is 10.3. The molecule has 0 spiro atoms. The Hall–Kier alpha value is -2.30. The molecule has 4 nitrogen and oxygen atoms in total. The first-order valence-corrected chi connectivity index (χ1v) is 10.2. The third-order valence-electron chi connectivity index (χ3n) is 5.00. The molecular weight excluding hydrogens is 352 g/mol. The van der Waals surface area contributed by atoms with Gasteiger partial charge in [0.2, 0.25) is 0 Å². The van der Waals surface area contributed by atoms with Gasteiger partial charge in [-0.2, -0.15) is 0 Å². The molecule has 0 saturated carbocycles. The molecule has 28 heavy (non-hydrogen) atoms. The molecule has 0 aliphatic rings. The molecule has 0 heterocycles. The van der Waals surface area contributed by atoms with Gasteiger partial charge in [0.05, 0.1) is 13.2 Å². The van der Waals surface area contributed by atoms with Crippen molar-refractivity contribution in [2.45, 2.75) is 39.0 Å². The highest BCUT2D eigenvalue weighted by atomic mass is 16.5. The van der Waals surface area contributed by atoms with Crippen molar-refractivity contribution in [1.82, 2.24) is 0 Å². The Labute approximate surface area is 166 Å². The largest absolute Gasteiger partial charge is 0.492 e. The van der Waals surface area contributed by atoms with E-state index >= 15 is 0 Å². The van der Waals surface area contributed by atoms with Crippen molar-refractivity contribution in [3.05, 3.63) is 48.0 Å². The number of aliphatic hydroxyl groups is 2. The fourth-order valence-electron chi connectivity index (χ4n) is 3.45. The van der Waals surface area contributed by atoms with Crippen molar-refractivity contribution in [3.63, 3.8) is 0 Å². The molecule has 3 aromatic carbocycles. The minimum Gasteiger partial charge on any atom is -0.492 e. The Morgan fingerprint density at radius 3 is 1.75 bits per heavy atom. The lowest BCUT2D eigenvalue weighted by Gasteiger charge is -2.18. The van der Waals surface area contributed by atoms with Crippen LogP contribution >= 0.6 is 0 Å². The van der Waals surface area contributed by atoms with E-state index in [4.69, 9.17) is 19.7 Å². The van der Waals surface area contributed by atoms with E-state index in [9.17, 15) is 0 Å². The number of unbranched alkanes of at least 4 members (excludes halogenated alkanes) is 2. The molecule has 0 aromatic heterocycles. The van der Waals surface area contributed by atoms with Gasteiger partial charge in [-0.3, -0.25) is 0 Å². The molecule has 3 aromatic rings. The Kier molecular flexibility index (Phi) is 7.52. The predicted molar refractivity (Wildman–Crippen MR) is 114 cm³/mol. The molecule has 0 bridgehead atoms. The van der Waals surface area contributed by atoms with Crippen LogP contribution in [0.5, 0.6) is 11.5 Å². The van der Waals surface area contributed by atoms with Crippen molar-refractivity contribution >= 4 is 21.5 Å².